The lowest BCUT2D eigenvalue weighted by molar-refractivity contribution is -0.153. The fourth-order valence-corrected chi connectivity index (χ4v) is 3.42. The molecule has 0 spiro atoms. The van der Waals surface area contributed by atoms with Gasteiger partial charge in [0.25, 0.3) is 0 Å². The van der Waals surface area contributed by atoms with Gasteiger partial charge in [-0.1, -0.05) is 51.0 Å². The van der Waals surface area contributed by atoms with Crippen molar-refractivity contribution in [1.82, 2.24) is 0 Å². The van der Waals surface area contributed by atoms with Crippen molar-refractivity contribution >= 4 is 35.8 Å². The minimum atomic E-state index is -0.838. The minimum absolute atomic E-state index is 0.0127. The SMILES string of the molecule is CCC/C=C/C1=C(CC(=O)OCCCCCOC(=O)CC2=C(/C=C/CCC)C(=O)OC2=O)C(=O)OC1=O. The number of ether oxygens (including phenoxy) is 4. The fraction of sp³-hybridized carbons (Fsp3) is 0.481. The molecule has 0 fully saturated rings. The zero-order valence-corrected chi connectivity index (χ0v) is 21.2. The molecule has 0 atom stereocenters. The van der Waals surface area contributed by atoms with Crippen molar-refractivity contribution in [2.45, 2.75) is 71.6 Å². The van der Waals surface area contributed by atoms with Crippen molar-refractivity contribution in [3.8, 4) is 0 Å². The van der Waals surface area contributed by atoms with Crippen LogP contribution in [0, 0.1) is 0 Å². The number of esters is 6. The van der Waals surface area contributed by atoms with Crippen molar-refractivity contribution in [2.24, 2.45) is 0 Å². The van der Waals surface area contributed by atoms with E-state index in [1.807, 2.05) is 13.8 Å². The second kappa shape index (κ2) is 15.3. The van der Waals surface area contributed by atoms with Crippen LogP contribution in [-0.2, 0) is 47.7 Å². The molecule has 0 aromatic heterocycles. The summed E-state index contributed by atoms with van der Waals surface area (Å²) in [6, 6.07) is 0. The van der Waals surface area contributed by atoms with Crippen LogP contribution < -0.4 is 0 Å². The number of carbonyl (C=O) groups excluding carboxylic acids is 6. The second-order valence-corrected chi connectivity index (χ2v) is 8.38. The van der Waals surface area contributed by atoms with Crippen LogP contribution in [0.25, 0.3) is 0 Å². The average Bonchev–Trinajstić information content (AvgIpc) is 3.26. The van der Waals surface area contributed by atoms with Crippen LogP contribution in [0.4, 0.5) is 0 Å². The van der Waals surface area contributed by atoms with E-state index in [-0.39, 0.29) is 48.3 Å². The van der Waals surface area contributed by atoms with Gasteiger partial charge >= 0.3 is 35.8 Å². The number of hydrogen-bond donors (Lipinski definition) is 0. The summed E-state index contributed by atoms with van der Waals surface area (Å²) in [6.45, 7) is 4.13. The van der Waals surface area contributed by atoms with Crippen LogP contribution in [0.5, 0.6) is 0 Å². The quantitative estimate of drug-likeness (QED) is 0.130. The first-order chi connectivity index (χ1) is 17.8. The van der Waals surface area contributed by atoms with Crippen LogP contribution >= 0.6 is 0 Å². The molecule has 2 rings (SSSR count). The summed E-state index contributed by atoms with van der Waals surface area (Å²) < 4.78 is 19.4. The van der Waals surface area contributed by atoms with E-state index in [4.69, 9.17) is 9.47 Å². The van der Waals surface area contributed by atoms with Crippen molar-refractivity contribution < 1.29 is 47.7 Å². The average molecular weight is 517 g/mol. The molecule has 0 unspecified atom stereocenters. The highest BCUT2D eigenvalue weighted by atomic mass is 16.6. The molecule has 37 heavy (non-hydrogen) atoms. The Kier molecular flexibility index (Phi) is 12.2. The highest BCUT2D eigenvalue weighted by Gasteiger charge is 2.34. The van der Waals surface area contributed by atoms with Crippen LogP contribution in [0.2, 0.25) is 0 Å². The molecule has 2 aliphatic heterocycles. The molecular weight excluding hydrogens is 484 g/mol. The number of unbranched alkanes of at least 4 members (excludes halogenated alkanes) is 4. The molecule has 0 aliphatic carbocycles. The largest absolute Gasteiger partial charge is 0.465 e. The lowest BCUT2D eigenvalue weighted by Gasteiger charge is -2.06. The highest BCUT2D eigenvalue weighted by molar-refractivity contribution is 6.16. The van der Waals surface area contributed by atoms with E-state index in [2.05, 4.69) is 9.47 Å². The maximum Gasteiger partial charge on any atom is 0.346 e. The van der Waals surface area contributed by atoms with Crippen molar-refractivity contribution in [3.05, 3.63) is 46.6 Å². The molecule has 0 saturated heterocycles. The maximum atomic E-state index is 12.1. The summed E-state index contributed by atoms with van der Waals surface area (Å²) >= 11 is 0. The predicted molar refractivity (Wildman–Crippen MR) is 129 cm³/mol. The van der Waals surface area contributed by atoms with Crippen molar-refractivity contribution in [1.29, 1.82) is 0 Å². The molecule has 200 valence electrons. The highest BCUT2D eigenvalue weighted by Crippen LogP contribution is 2.23. The second-order valence-electron chi connectivity index (χ2n) is 8.38. The normalized spacial score (nSPS) is 15.8. The third-order valence-electron chi connectivity index (χ3n) is 5.39. The van der Waals surface area contributed by atoms with E-state index >= 15 is 0 Å². The Morgan fingerprint density at radius 1 is 0.649 bits per heavy atom. The molecule has 0 amide bonds. The standard InChI is InChI=1S/C27H32O10/c1-3-5-8-12-18-20(26(32)36-24(18)30)16-22(28)34-14-10-7-11-15-35-23(29)17-21-19(13-9-6-4-2)25(31)37-27(21)33/h8-9,12-13H,3-7,10-11,14-17H2,1-2H3/b12-8+,13-9+. The maximum absolute atomic E-state index is 12.1. The third-order valence-corrected chi connectivity index (χ3v) is 5.39. The lowest BCUT2D eigenvalue weighted by Crippen LogP contribution is -2.12. The van der Waals surface area contributed by atoms with Gasteiger partial charge in [0.15, 0.2) is 0 Å². The van der Waals surface area contributed by atoms with E-state index in [1.165, 1.54) is 12.2 Å². The molecular formula is C27H32O10. The zero-order valence-electron chi connectivity index (χ0n) is 21.2. The molecule has 0 radical (unpaired) electrons. The molecule has 0 bridgehead atoms. The Labute approximate surface area is 215 Å². The molecule has 0 aromatic rings. The summed E-state index contributed by atoms with van der Waals surface area (Å²) in [4.78, 5) is 71.5. The number of allylic oxidation sites excluding steroid dienone is 2. The number of cyclic esters (lactones) is 4. The first kappa shape index (κ1) is 29.4. The Balaban J connectivity index is 1.68. The molecule has 2 aliphatic rings. The van der Waals surface area contributed by atoms with Gasteiger partial charge in [-0.3, -0.25) is 9.59 Å². The summed E-state index contributed by atoms with van der Waals surface area (Å²) in [6.07, 6.45) is 10.5. The van der Waals surface area contributed by atoms with Crippen LogP contribution in [0.15, 0.2) is 46.6 Å². The van der Waals surface area contributed by atoms with Crippen LogP contribution in [-0.4, -0.2) is 49.0 Å². The van der Waals surface area contributed by atoms with Gasteiger partial charge in [0.05, 0.1) is 48.3 Å². The Morgan fingerprint density at radius 3 is 1.43 bits per heavy atom. The van der Waals surface area contributed by atoms with Gasteiger partial charge < -0.3 is 18.9 Å². The van der Waals surface area contributed by atoms with E-state index in [0.717, 1.165) is 25.7 Å². The minimum Gasteiger partial charge on any atom is -0.465 e. The van der Waals surface area contributed by atoms with Gasteiger partial charge in [-0.25, -0.2) is 19.2 Å². The van der Waals surface area contributed by atoms with Gasteiger partial charge in [-0.2, -0.15) is 0 Å². The fourth-order valence-electron chi connectivity index (χ4n) is 3.42. The van der Waals surface area contributed by atoms with E-state index in [0.29, 0.717) is 19.3 Å². The van der Waals surface area contributed by atoms with E-state index in [9.17, 15) is 28.8 Å². The summed E-state index contributed by atoms with van der Waals surface area (Å²) in [7, 11) is 0. The first-order valence-corrected chi connectivity index (χ1v) is 12.4. The molecule has 10 heteroatoms. The number of hydrogen-bond acceptors (Lipinski definition) is 10. The molecule has 0 saturated carbocycles. The monoisotopic (exact) mass is 516 g/mol. The van der Waals surface area contributed by atoms with Gasteiger partial charge in [-0.15, -0.1) is 0 Å². The topological polar surface area (TPSA) is 139 Å². The van der Waals surface area contributed by atoms with Gasteiger partial charge in [-0.05, 0) is 32.1 Å². The van der Waals surface area contributed by atoms with E-state index in [1.54, 1.807) is 12.2 Å². The Bertz CT molecular complexity index is 959. The molecule has 10 nitrogen and oxygen atoms in total. The number of rotatable bonds is 16. The Hall–Kier alpha value is -3.82. The van der Waals surface area contributed by atoms with Gasteiger partial charge in [0, 0.05) is 0 Å². The summed E-state index contributed by atoms with van der Waals surface area (Å²) in [5.41, 5.74) is 0.127. The molecule has 2 heterocycles. The van der Waals surface area contributed by atoms with Crippen molar-refractivity contribution in [2.75, 3.05) is 13.2 Å². The molecule has 0 N–H and O–H groups in total. The Morgan fingerprint density at radius 2 is 1.05 bits per heavy atom. The summed E-state index contributed by atoms with van der Waals surface area (Å²) in [5, 5.41) is 0. The van der Waals surface area contributed by atoms with Crippen LogP contribution in [0.3, 0.4) is 0 Å². The van der Waals surface area contributed by atoms with Gasteiger partial charge in [0.2, 0.25) is 0 Å². The smallest absolute Gasteiger partial charge is 0.346 e. The van der Waals surface area contributed by atoms with Crippen LogP contribution in [0.1, 0.15) is 71.6 Å². The molecule has 0 aromatic carbocycles. The van der Waals surface area contributed by atoms with Gasteiger partial charge in [0.1, 0.15) is 0 Å². The third kappa shape index (κ3) is 9.29. The number of carbonyl (C=O) groups is 6. The first-order valence-electron chi connectivity index (χ1n) is 12.4. The van der Waals surface area contributed by atoms with E-state index < -0.39 is 35.8 Å². The zero-order chi connectivity index (χ0) is 27.2. The van der Waals surface area contributed by atoms with Crippen molar-refractivity contribution in [3.63, 3.8) is 0 Å². The lowest BCUT2D eigenvalue weighted by atomic mass is 10.1. The predicted octanol–water partition coefficient (Wildman–Crippen LogP) is 3.50. The summed E-state index contributed by atoms with van der Waals surface area (Å²) in [5.74, 6) is -4.52.